The fourth-order valence-electron chi connectivity index (χ4n) is 2.19. The summed E-state index contributed by atoms with van der Waals surface area (Å²) in [6.45, 7) is 0. The van der Waals surface area contributed by atoms with E-state index in [1.54, 1.807) is 0 Å². The predicted octanol–water partition coefficient (Wildman–Crippen LogP) is 1.88. The summed E-state index contributed by atoms with van der Waals surface area (Å²) in [5.74, 6) is 4.30. The summed E-state index contributed by atoms with van der Waals surface area (Å²) in [7, 11) is 1.29. The molecular formula is C13H20O3Sn. The van der Waals surface area contributed by atoms with Gasteiger partial charge in [0.1, 0.15) is 0 Å². The second kappa shape index (κ2) is 5.92. The van der Waals surface area contributed by atoms with E-state index in [1.165, 1.54) is 10.7 Å². The van der Waals surface area contributed by atoms with E-state index >= 15 is 0 Å². The number of carbonyl (C=O) groups excluding carboxylic acids is 1. The van der Waals surface area contributed by atoms with Crippen LogP contribution in [0.4, 0.5) is 0 Å². The van der Waals surface area contributed by atoms with Gasteiger partial charge in [0.25, 0.3) is 0 Å². The zero-order valence-corrected chi connectivity index (χ0v) is 13.8. The molecule has 17 heavy (non-hydrogen) atoms. The summed E-state index contributed by atoms with van der Waals surface area (Å²) in [6.07, 6.45) is 2.34. The minimum absolute atomic E-state index is 0.594. The molecule has 3 nitrogen and oxygen atoms in total. The molecule has 1 N–H and O–H groups in total. The predicted molar refractivity (Wildman–Crippen MR) is 70.0 cm³/mol. The molecule has 0 aromatic heterocycles. The number of aliphatic hydroxyl groups is 1. The Morgan fingerprint density at radius 3 is 2.59 bits per heavy atom. The Kier molecular flexibility index (Phi) is 5.08. The van der Waals surface area contributed by atoms with Crippen molar-refractivity contribution in [2.75, 3.05) is 7.11 Å². The molecule has 1 rings (SSSR count). The van der Waals surface area contributed by atoms with Crippen LogP contribution in [0.2, 0.25) is 14.8 Å². The van der Waals surface area contributed by atoms with E-state index in [2.05, 4.69) is 31.4 Å². The van der Waals surface area contributed by atoms with Gasteiger partial charge < -0.3 is 0 Å². The molecule has 1 atom stereocenters. The van der Waals surface area contributed by atoms with Crippen LogP contribution in [0.1, 0.15) is 19.3 Å². The second-order valence-electron chi connectivity index (χ2n) is 5.27. The van der Waals surface area contributed by atoms with Crippen molar-refractivity contribution in [2.45, 2.75) is 40.2 Å². The van der Waals surface area contributed by atoms with Gasteiger partial charge in [-0.25, -0.2) is 0 Å². The van der Waals surface area contributed by atoms with E-state index in [0.29, 0.717) is 0 Å². The number of ether oxygens (including phenoxy) is 1. The monoisotopic (exact) mass is 344 g/mol. The summed E-state index contributed by atoms with van der Waals surface area (Å²) in [6, 6.07) is 0. The van der Waals surface area contributed by atoms with Crippen LogP contribution in [0.25, 0.3) is 0 Å². The minimum atomic E-state index is -2.11. The number of rotatable bonds is 2. The Hall–Kier alpha value is -0.471. The molecule has 0 radical (unpaired) electrons. The third-order valence-electron chi connectivity index (χ3n) is 2.99. The molecule has 1 aliphatic carbocycles. The maximum atomic E-state index is 10.9. The Labute approximate surface area is 107 Å². The van der Waals surface area contributed by atoms with Crippen LogP contribution in [-0.2, 0) is 9.53 Å². The molecule has 0 aromatic rings. The average molecular weight is 343 g/mol. The molecule has 94 valence electrons. The van der Waals surface area contributed by atoms with Gasteiger partial charge >= 0.3 is 107 Å². The summed E-state index contributed by atoms with van der Waals surface area (Å²) in [4.78, 5) is 17.9. The molecule has 0 amide bonds. The first-order chi connectivity index (χ1) is 7.86. The van der Waals surface area contributed by atoms with Crippen LogP contribution in [0.3, 0.4) is 0 Å². The van der Waals surface area contributed by atoms with Crippen molar-refractivity contribution < 1.29 is 14.6 Å². The van der Waals surface area contributed by atoms with Gasteiger partial charge in [0.2, 0.25) is 0 Å². The van der Waals surface area contributed by atoms with Crippen molar-refractivity contribution in [1.82, 2.24) is 0 Å². The zero-order chi connectivity index (χ0) is 13.1. The number of hydrogen-bond acceptors (Lipinski definition) is 3. The summed E-state index contributed by atoms with van der Waals surface area (Å²) < 4.78 is 5.91. The van der Waals surface area contributed by atoms with Gasteiger partial charge in [-0.15, -0.1) is 0 Å². The topological polar surface area (TPSA) is 46.5 Å². The molecule has 0 saturated carbocycles. The molecule has 1 unspecified atom stereocenters. The van der Waals surface area contributed by atoms with E-state index in [4.69, 9.17) is 0 Å². The molecule has 1 aliphatic rings. The first-order valence-electron chi connectivity index (χ1n) is 5.86. The number of allylic oxidation sites excluding steroid dienone is 1. The van der Waals surface area contributed by atoms with Gasteiger partial charge in [-0.05, 0) is 0 Å². The van der Waals surface area contributed by atoms with Crippen LogP contribution in [-0.4, -0.2) is 42.7 Å². The van der Waals surface area contributed by atoms with Crippen molar-refractivity contribution in [3.63, 3.8) is 0 Å². The van der Waals surface area contributed by atoms with Crippen molar-refractivity contribution in [3.8, 4) is 11.8 Å². The van der Waals surface area contributed by atoms with Crippen LogP contribution in [0, 0.1) is 11.8 Å². The average Bonchev–Trinajstić information content (AvgIpc) is 2.73. The Morgan fingerprint density at radius 2 is 2.06 bits per heavy atom. The number of esters is 1. The Bertz CT molecular complexity index is 393. The Morgan fingerprint density at radius 1 is 1.41 bits per heavy atom. The van der Waals surface area contributed by atoms with E-state index in [1.807, 2.05) is 0 Å². The zero-order valence-electron chi connectivity index (χ0n) is 11.0. The molecule has 0 heterocycles. The fourth-order valence-corrected chi connectivity index (χ4v) is 8.33. The van der Waals surface area contributed by atoms with E-state index in [-0.39, 0.29) is 0 Å². The number of carbonyl (C=O) groups is 1. The second-order valence-corrected chi connectivity index (χ2v) is 19.8. The molecule has 0 saturated heterocycles. The molecular weight excluding hydrogens is 323 g/mol. The van der Waals surface area contributed by atoms with Gasteiger partial charge in [0.05, 0.1) is 0 Å². The maximum absolute atomic E-state index is 10.9. The standard InChI is InChI=1S/C10H11O3.3CH3.Sn/c1-13-10(12)7-6-9(11)8-4-2-3-5-8;;;;/h9,11H,2-4H2,1H3;3*1H3;. The Balaban J connectivity index is 2.90. The summed E-state index contributed by atoms with van der Waals surface area (Å²) in [5.41, 5.74) is 1.07. The van der Waals surface area contributed by atoms with Gasteiger partial charge in [0.15, 0.2) is 0 Å². The van der Waals surface area contributed by atoms with Crippen molar-refractivity contribution in [2.24, 2.45) is 0 Å². The van der Waals surface area contributed by atoms with Gasteiger partial charge in [0, 0.05) is 0 Å². The first-order valence-corrected chi connectivity index (χ1v) is 15.8. The van der Waals surface area contributed by atoms with Crippen molar-refractivity contribution in [3.05, 3.63) is 9.16 Å². The third-order valence-corrected chi connectivity index (χ3v) is 9.79. The van der Waals surface area contributed by atoms with Gasteiger partial charge in [-0.3, -0.25) is 0 Å². The third kappa shape index (κ3) is 4.04. The SMILES string of the molecule is COC(=O)C#CC(O)C1=[C]([Sn]([CH3])([CH3])[CH3])CCC1. The van der Waals surface area contributed by atoms with Crippen LogP contribution in [0.15, 0.2) is 9.16 Å². The van der Waals surface area contributed by atoms with Crippen LogP contribution < -0.4 is 0 Å². The van der Waals surface area contributed by atoms with Gasteiger partial charge in [-0.2, -0.15) is 0 Å². The molecule has 0 aliphatic heterocycles. The van der Waals surface area contributed by atoms with Crippen molar-refractivity contribution in [1.29, 1.82) is 0 Å². The quantitative estimate of drug-likeness (QED) is 0.361. The van der Waals surface area contributed by atoms with Crippen LogP contribution in [0.5, 0.6) is 0 Å². The normalized spacial score (nSPS) is 17.5. The number of methoxy groups -OCH3 is 1. The molecule has 0 spiro atoms. The molecule has 0 bridgehead atoms. The van der Waals surface area contributed by atoms with Gasteiger partial charge in [-0.1, -0.05) is 0 Å². The van der Waals surface area contributed by atoms with E-state index in [9.17, 15) is 9.90 Å². The molecule has 0 fully saturated rings. The summed E-state index contributed by atoms with van der Waals surface area (Å²) >= 11 is -2.11. The fraction of sp³-hybridized carbons (Fsp3) is 0.615. The molecule has 4 heteroatoms. The number of hydrogen-bond donors (Lipinski definition) is 1. The number of aliphatic hydroxyl groups excluding tert-OH is 1. The van der Waals surface area contributed by atoms with Crippen LogP contribution >= 0.6 is 0 Å². The van der Waals surface area contributed by atoms with E-state index < -0.39 is 30.5 Å². The molecule has 0 aromatic carbocycles. The summed E-state index contributed by atoms with van der Waals surface area (Å²) in [5, 5.41) is 10.0. The first kappa shape index (κ1) is 14.6. The van der Waals surface area contributed by atoms with E-state index in [0.717, 1.165) is 24.8 Å². The van der Waals surface area contributed by atoms with Crippen molar-refractivity contribution >= 4 is 24.3 Å².